The summed E-state index contributed by atoms with van der Waals surface area (Å²) in [5.74, 6) is 0. The Balaban J connectivity index is 2.28. The Morgan fingerprint density at radius 1 is 1.52 bits per heavy atom. The first-order valence-corrected chi connectivity index (χ1v) is 8.44. The second-order valence-corrected chi connectivity index (χ2v) is 6.40. The van der Waals surface area contributed by atoms with E-state index >= 15 is 0 Å². The third-order valence-electron chi connectivity index (χ3n) is 3.90. The Labute approximate surface area is 135 Å². The Bertz CT molecular complexity index is 456. The first-order valence-electron chi connectivity index (χ1n) is 7.65. The van der Waals surface area contributed by atoms with Crippen molar-refractivity contribution in [1.29, 1.82) is 0 Å². The Hall–Kier alpha value is -0.620. The molecule has 0 aromatic heterocycles. The molecule has 1 aromatic rings. The summed E-state index contributed by atoms with van der Waals surface area (Å²) in [5, 5.41) is 13.1. The predicted octanol–water partition coefficient (Wildman–Crippen LogP) is 2.71. The lowest BCUT2D eigenvalue weighted by Gasteiger charge is -2.38. The second kappa shape index (κ2) is 8.13. The van der Waals surface area contributed by atoms with E-state index in [0.717, 1.165) is 24.0 Å². The molecule has 1 aromatic carbocycles. The smallest absolute Gasteiger partial charge is 0.0755 e. The van der Waals surface area contributed by atoms with Gasteiger partial charge in [-0.05, 0) is 43.7 Å². The van der Waals surface area contributed by atoms with Crippen LogP contribution in [0.5, 0.6) is 0 Å². The van der Waals surface area contributed by atoms with Gasteiger partial charge >= 0.3 is 0 Å². The van der Waals surface area contributed by atoms with Crippen LogP contribution in [0.2, 0.25) is 0 Å². The van der Waals surface area contributed by atoms with Crippen molar-refractivity contribution in [3.63, 3.8) is 0 Å². The van der Waals surface area contributed by atoms with Gasteiger partial charge in [0, 0.05) is 22.7 Å². The molecule has 1 heterocycles. The summed E-state index contributed by atoms with van der Waals surface area (Å²) in [7, 11) is 0. The number of aliphatic hydroxyl groups is 1. The lowest BCUT2D eigenvalue weighted by Crippen LogP contribution is -2.48. The zero-order valence-electron chi connectivity index (χ0n) is 12.8. The minimum absolute atomic E-state index is 0.0389. The normalized spacial score (nSPS) is 20.6. The van der Waals surface area contributed by atoms with Gasteiger partial charge in [0.1, 0.15) is 0 Å². The molecule has 1 saturated heterocycles. The van der Waals surface area contributed by atoms with Gasteiger partial charge < -0.3 is 20.1 Å². The number of ether oxygens (including phenoxy) is 1. The third-order valence-corrected chi connectivity index (χ3v) is 4.40. The van der Waals surface area contributed by atoms with Crippen LogP contribution in [0.25, 0.3) is 0 Å². The predicted molar refractivity (Wildman–Crippen MR) is 89.9 cm³/mol. The fourth-order valence-corrected chi connectivity index (χ4v) is 3.11. The molecule has 21 heavy (non-hydrogen) atoms. The van der Waals surface area contributed by atoms with Gasteiger partial charge in [0.25, 0.3) is 0 Å². The number of benzene rings is 1. The maximum atomic E-state index is 9.60. The highest BCUT2D eigenvalue weighted by Crippen LogP contribution is 2.31. The standard InChI is InChI=1S/C16H25BrN2O2/c1-3-6-18-12(2)15-9-13(17)4-5-16(15)19-7-8-21-11-14(19)10-20/h4-5,9,12,14,18,20H,3,6-8,10-11H2,1-2H3. The summed E-state index contributed by atoms with van der Waals surface area (Å²) in [6.45, 7) is 7.60. The van der Waals surface area contributed by atoms with Gasteiger partial charge in [-0.3, -0.25) is 0 Å². The first kappa shape index (κ1) is 16.7. The molecule has 0 saturated carbocycles. The molecule has 2 unspecified atom stereocenters. The Morgan fingerprint density at radius 3 is 3.05 bits per heavy atom. The van der Waals surface area contributed by atoms with Crippen molar-refractivity contribution >= 4 is 21.6 Å². The molecule has 2 rings (SSSR count). The fraction of sp³-hybridized carbons (Fsp3) is 0.625. The van der Waals surface area contributed by atoms with E-state index < -0.39 is 0 Å². The van der Waals surface area contributed by atoms with Crippen LogP contribution in [-0.4, -0.2) is 44.1 Å². The molecule has 0 amide bonds. The average molecular weight is 357 g/mol. The number of hydrogen-bond acceptors (Lipinski definition) is 4. The first-order chi connectivity index (χ1) is 10.2. The highest BCUT2D eigenvalue weighted by molar-refractivity contribution is 9.10. The van der Waals surface area contributed by atoms with Crippen LogP contribution in [0.4, 0.5) is 5.69 Å². The summed E-state index contributed by atoms with van der Waals surface area (Å²) < 4.78 is 6.57. The molecule has 0 aliphatic carbocycles. The molecule has 1 fully saturated rings. The van der Waals surface area contributed by atoms with Gasteiger partial charge in [0.2, 0.25) is 0 Å². The lowest BCUT2D eigenvalue weighted by atomic mass is 10.0. The molecule has 0 spiro atoms. The lowest BCUT2D eigenvalue weighted by molar-refractivity contribution is 0.0726. The van der Waals surface area contributed by atoms with E-state index in [1.54, 1.807) is 0 Å². The molecule has 118 valence electrons. The zero-order valence-corrected chi connectivity index (χ0v) is 14.4. The largest absolute Gasteiger partial charge is 0.394 e. The zero-order chi connectivity index (χ0) is 15.2. The van der Waals surface area contributed by atoms with Gasteiger partial charge in [-0.2, -0.15) is 0 Å². The summed E-state index contributed by atoms with van der Waals surface area (Å²) in [6.07, 6.45) is 1.12. The summed E-state index contributed by atoms with van der Waals surface area (Å²) in [5.41, 5.74) is 2.45. The van der Waals surface area contributed by atoms with Gasteiger partial charge in [0.15, 0.2) is 0 Å². The maximum absolute atomic E-state index is 9.60. The molecule has 0 radical (unpaired) electrons. The minimum Gasteiger partial charge on any atom is -0.394 e. The van der Waals surface area contributed by atoms with E-state index in [0.29, 0.717) is 13.2 Å². The number of hydrogen-bond donors (Lipinski definition) is 2. The van der Waals surface area contributed by atoms with Gasteiger partial charge in [-0.15, -0.1) is 0 Å². The van der Waals surface area contributed by atoms with Crippen molar-refractivity contribution in [3.05, 3.63) is 28.2 Å². The van der Waals surface area contributed by atoms with E-state index in [4.69, 9.17) is 4.74 Å². The van der Waals surface area contributed by atoms with Crippen LogP contribution in [0, 0.1) is 0 Å². The highest BCUT2D eigenvalue weighted by Gasteiger charge is 2.25. The fourth-order valence-electron chi connectivity index (χ4n) is 2.73. The van der Waals surface area contributed by atoms with E-state index in [1.807, 2.05) is 0 Å². The number of nitrogens with one attached hydrogen (secondary N) is 1. The maximum Gasteiger partial charge on any atom is 0.0755 e. The summed E-state index contributed by atoms with van der Waals surface area (Å²) in [6, 6.07) is 6.69. The van der Waals surface area contributed by atoms with E-state index in [2.05, 4.69) is 58.2 Å². The van der Waals surface area contributed by atoms with Crippen molar-refractivity contribution in [2.24, 2.45) is 0 Å². The van der Waals surface area contributed by atoms with Crippen molar-refractivity contribution in [2.75, 3.05) is 37.8 Å². The van der Waals surface area contributed by atoms with Crippen LogP contribution in [0.1, 0.15) is 31.9 Å². The quantitative estimate of drug-likeness (QED) is 0.822. The van der Waals surface area contributed by atoms with Crippen LogP contribution in [-0.2, 0) is 4.74 Å². The van der Waals surface area contributed by atoms with Crippen molar-refractivity contribution in [1.82, 2.24) is 5.32 Å². The molecule has 2 atom stereocenters. The number of aliphatic hydroxyl groups excluding tert-OH is 1. The number of halogens is 1. The SMILES string of the molecule is CCCNC(C)c1cc(Br)ccc1N1CCOCC1CO. The van der Waals surface area contributed by atoms with Gasteiger partial charge in [0.05, 0.1) is 25.9 Å². The molecule has 0 bridgehead atoms. The number of nitrogens with zero attached hydrogens (tertiary/aromatic N) is 1. The van der Waals surface area contributed by atoms with Gasteiger partial charge in [-0.25, -0.2) is 0 Å². The van der Waals surface area contributed by atoms with Crippen LogP contribution < -0.4 is 10.2 Å². The van der Waals surface area contributed by atoms with Crippen LogP contribution >= 0.6 is 15.9 Å². The minimum atomic E-state index is 0.0389. The topological polar surface area (TPSA) is 44.7 Å². The molecule has 1 aliphatic heterocycles. The van der Waals surface area contributed by atoms with Crippen molar-refractivity contribution in [2.45, 2.75) is 32.4 Å². The van der Waals surface area contributed by atoms with E-state index in [1.165, 1.54) is 11.3 Å². The third kappa shape index (κ3) is 4.19. The summed E-state index contributed by atoms with van der Waals surface area (Å²) >= 11 is 3.57. The van der Waals surface area contributed by atoms with Crippen molar-refractivity contribution < 1.29 is 9.84 Å². The molecule has 1 aliphatic rings. The number of anilines is 1. The van der Waals surface area contributed by atoms with Gasteiger partial charge in [-0.1, -0.05) is 22.9 Å². The molecule has 2 N–H and O–H groups in total. The molecular formula is C16H25BrN2O2. The monoisotopic (exact) mass is 356 g/mol. The Kier molecular flexibility index (Phi) is 6.48. The number of rotatable bonds is 6. The molecule has 5 heteroatoms. The molecule has 4 nitrogen and oxygen atoms in total. The summed E-state index contributed by atoms with van der Waals surface area (Å²) in [4.78, 5) is 2.27. The van der Waals surface area contributed by atoms with E-state index in [9.17, 15) is 5.11 Å². The average Bonchev–Trinajstić information content (AvgIpc) is 2.52. The second-order valence-electron chi connectivity index (χ2n) is 5.48. The number of morpholine rings is 1. The Morgan fingerprint density at radius 2 is 2.33 bits per heavy atom. The van der Waals surface area contributed by atoms with E-state index in [-0.39, 0.29) is 18.7 Å². The van der Waals surface area contributed by atoms with Crippen molar-refractivity contribution in [3.8, 4) is 0 Å². The molecular weight excluding hydrogens is 332 g/mol. The highest BCUT2D eigenvalue weighted by atomic mass is 79.9. The van der Waals surface area contributed by atoms with Crippen LogP contribution in [0.15, 0.2) is 22.7 Å². The van der Waals surface area contributed by atoms with Crippen LogP contribution in [0.3, 0.4) is 0 Å².